The molecule has 0 aliphatic heterocycles. The van der Waals surface area contributed by atoms with Crippen LogP contribution in [0.2, 0.25) is 5.02 Å². The van der Waals surface area contributed by atoms with Crippen molar-refractivity contribution < 1.29 is 28.5 Å². The molecule has 0 spiro atoms. The van der Waals surface area contributed by atoms with Crippen molar-refractivity contribution in [3.63, 3.8) is 0 Å². The van der Waals surface area contributed by atoms with E-state index in [-0.39, 0.29) is 13.0 Å². The highest BCUT2D eigenvalue weighted by Crippen LogP contribution is 2.29. The summed E-state index contributed by atoms with van der Waals surface area (Å²) in [7, 11) is 3.04. The molecule has 0 aromatic heterocycles. The molecule has 1 atom stereocenters. The molecule has 33 heavy (non-hydrogen) atoms. The van der Waals surface area contributed by atoms with E-state index in [1.165, 1.54) is 14.2 Å². The van der Waals surface area contributed by atoms with Gasteiger partial charge in [0.05, 0.1) is 32.3 Å². The van der Waals surface area contributed by atoms with Gasteiger partial charge in [0.1, 0.15) is 5.75 Å². The molecule has 3 aromatic carbocycles. The number of anilines is 1. The Hall–Kier alpha value is -3.71. The maximum absolute atomic E-state index is 13.0. The minimum Gasteiger partial charge on any atom is -0.495 e. The highest BCUT2D eigenvalue weighted by molar-refractivity contribution is 6.32. The van der Waals surface area contributed by atoms with E-state index in [4.69, 9.17) is 30.5 Å². The molecule has 0 bridgehead atoms. The van der Waals surface area contributed by atoms with E-state index in [1.807, 2.05) is 12.1 Å². The van der Waals surface area contributed by atoms with Gasteiger partial charge in [-0.25, -0.2) is 0 Å². The normalized spacial score (nSPS) is 11.2. The lowest BCUT2D eigenvalue weighted by atomic mass is 10.1. The monoisotopic (exact) mass is 469 g/mol. The minimum atomic E-state index is -1.15. The zero-order valence-electron chi connectivity index (χ0n) is 18.2. The van der Waals surface area contributed by atoms with Crippen LogP contribution in [0.3, 0.4) is 0 Å². The Kier molecular flexibility index (Phi) is 8.55. The van der Waals surface area contributed by atoms with Gasteiger partial charge in [0.25, 0.3) is 5.91 Å². The predicted octanol–water partition coefficient (Wildman–Crippen LogP) is 5.05. The molecule has 3 rings (SSSR count). The van der Waals surface area contributed by atoms with Crippen LogP contribution in [0.25, 0.3) is 0 Å². The Labute approximate surface area is 197 Å². The molecule has 8 heteroatoms. The molecule has 0 heterocycles. The zero-order chi connectivity index (χ0) is 23.6. The van der Waals surface area contributed by atoms with Gasteiger partial charge in [0.15, 0.2) is 11.5 Å². The molecule has 1 N–H and O–H groups in total. The van der Waals surface area contributed by atoms with E-state index in [0.29, 0.717) is 33.5 Å². The fraction of sp³-hybridized carbons (Fsp3) is 0.200. The van der Waals surface area contributed by atoms with E-state index < -0.39 is 18.0 Å². The quantitative estimate of drug-likeness (QED) is 0.418. The number of ether oxygens (including phenoxy) is 4. The second-order valence-corrected chi connectivity index (χ2v) is 7.28. The van der Waals surface area contributed by atoms with Gasteiger partial charge in [0, 0.05) is 11.3 Å². The summed E-state index contributed by atoms with van der Waals surface area (Å²) in [6.45, 7) is 0.0659. The molecule has 1 amide bonds. The van der Waals surface area contributed by atoms with E-state index in [9.17, 15) is 9.59 Å². The number of amides is 1. The average molecular weight is 470 g/mol. The molecule has 1 unspecified atom stereocenters. The van der Waals surface area contributed by atoms with Gasteiger partial charge in [-0.2, -0.15) is 0 Å². The first-order valence-corrected chi connectivity index (χ1v) is 10.5. The smallest absolute Gasteiger partial charge is 0.310 e. The summed E-state index contributed by atoms with van der Waals surface area (Å²) in [6.07, 6.45) is -1.20. The van der Waals surface area contributed by atoms with Gasteiger partial charge in [-0.3, -0.25) is 9.59 Å². The summed E-state index contributed by atoms with van der Waals surface area (Å²) in [5.74, 6) is 0.464. The lowest BCUT2D eigenvalue weighted by Gasteiger charge is -2.18. The number of esters is 1. The molecule has 172 valence electrons. The van der Waals surface area contributed by atoms with Crippen molar-refractivity contribution >= 4 is 29.2 Å². The lowest BCUT2D eigenvalue weighted by Crippen LogP contribution is -2.26. The van der Waals surface area contributed by atoms with Crippen molar-refractivity contribution in [3.05, 3.63) is 83.4 Å². The maximum atomic E-state index is 13.0. The van der Waals surface area contributed by atoms with Crippen molar-refractivity contribution in [2.45, 2.75) is 12.5 Å². The number of halogens is 1. The first-order chi connectivity index (χ1) is 16.0. The molecular weight excluding hydrogens is 446 g/mol. The Morgan fingerprint density at radius 1 is 0.879 bits per heavy atom. The summed E-state index contributed by atoms with van der Waals surface area (Å²) in [6, 6.07) is 20.7. The molecule has 0 saturated carbocycles. The van der Waals surface area contributed by atoms with E-state index in [2.05, 4.69) is 5.32 Å². The summed E-state index contributed by atoms with van der Waals surface area (Å²) in [5, 5.41) is 3.08. The van der Waals surface area contributed by atoms with E-state index >= 15 is 0 Å². The topological polar surface area (TPSA) is 83.1 Å². The van der Waals surface area contributed by atoms with Gasteiger partial charge < -0.3 is 24.3 Å². The Morgan fingerprint density at radius 2 is 1.55 bits per heavy atom. The third kappa shape index (κ3) is 6.63. The van der Waals surface area contributed by atoms with Crippen LogP contribution in [0.1, 0.15) is 18.1 Å². The molecule has 0 saturated heterocycles. The van der Waals surface area contributed by atoms with Crippen LogP contribution in [-0.4, -0.2) is 32.7 Å². The maximum Gasteiger partial charge on any atom is 0.310 e. The SMILES string of the molecule is COc1ccc(NC(=O)C(OC(=O)CCOc2ccccc2OC)c2ccccc2)cc1Cl. The standard InChI is InChI=1S/C25H24ClNO6/c1-30-20-13-12-18(16-19(20)26)27-25(29)24(17-8-4-3-5-9-17)33-23(28)14-15-32-22-11-7-6-10-21(22)31-2/h3-13,16,24H,14-15H2,1-2H3,(H,27,29). The van der Waals surface area contributed by atoms with Gasteiger partial charge in [0.2, 0.25) is 6.10 Å². The average Bonchev–Trinajstić information content (AvgIpc) is 2.83. The molecule has 3 aromatic rings. The van der Waals surface area contributed by atoms with Crippen LogP contribution in [0.15, 0.2) is 72.8 Å². The zero-order valence-corrected chi connectivity index (χ0v) is 19.0. The van der Waals surface area contributed by atoms with Gasteiger partial charge in [-0.15, -0.1) is 0 Å². The predicted molar refractivity (Wildman–Crippen MR) is 125 cm³/mol. The van der Waals surface area contributed by atoms with Crippen LogP contribution in [-0.2, 0) is 14.3 Å². The Bertz CT molecular complexity index is 1090. The van der Waals surface area contributed by atoms with Gasteiger partial charge >= 0.3 is 5.97 Å². The van der Waals surface area contributed by atoms with Gasteiger partial charge in [-0.05, 0) is 30.3 Å². The third-order valence-corrected chi connectivity index (χ3v) is 4.94. The van der Waals surface area contributed by atoms with Crippen molar-refractivity contribution in [3.8, 4) is 17.2 Å². The highest BCUT2D eigenvalue weighted by Gasteiger charge is 2.25. The summed E-state index contributed by atoms with van der Waals surface area (Å²) in [5.41, 5.74) is 0.982. The number of benzene rings is 3. The van der Waals surface area contributed by atoms with Crippen LogP contribution < -0.4 is 19.5 Å². The number of carbonyl (C=O) groups excluding carboxylic acids is 2. The Balaban J connectivity index is 1.66. The lowest BCUT2D eigenvalue weighted by molar-refractivity contribution is -0.155. The summed E-state index contributed by atoms with van der Waals surface area (Å²) in [4.78, 5) is 25.5. The van der Waals surface area contributed by atoms with Crippen molar-refractivity contribution in [1.29, 1.82) is 0 Å². The molecule has 7 nitrogen and oxygen atoms in total. The number of nitrogens with one attached hydrogen (secondary N) is 1. The highest BCUT2D eigenvalue weighted by atomic mass is 35.5. The van der Waals surface area contributed by atoms with Crippen LogP contribution in [0, 0.1) is 0 Å². The van der Waals surface area contributed by atoms with E-state index in [0.717, 1.165) is 0 Å². The van der Waals surface area contributed by atoms with Crippen molar-refractivity contribution in [2.24, 2.45) is 0 Å². The fourth-order valence-corrected chi connectivity index (χ4v) is 3.28. The molecule has 0 aliphatic carbocycles. The first-order valence-electron chi connectivity index (χ1n) is 10.2. The number of rotatable bonds is 10. The number of carbonyl (C=O) groups is 2. The van der Waals surface area contributed by atoms with Crippen molar-refractivity contribution in [2.75, 3.05) is 26.1 Å². The first kappa shape index (κ1) is 23.9. The molecular formula is C25H24ClNO6. The number of hydrogen-bond acceptors (Lipinski definition) is 6. The minimum absolute atomic E-state index is 0.0526. The number of methoxy groups -OCH3 is 2. The summed E-state index contributed by atoms with van der Waals surface area (Å²) < 4.78 is 21.5. The Morgan fingerprint density at radius 3 is 2.21 bits per heavy atom. The molecule has 0 radical (unpaired) electrons. The van der Waals surface area contributed by atoms with Crippen LogP contribution in [0.5, 0.6) is 17.2 Å². The molecule has 0 aliphatic rings. The van der Waals surface area contributed by atoms with Crippen LogP contribution >= 0.6 is 11.6 Å². The van der Waals surface area contributed by atoms with Gasteiger partial charge in [-0.1, -0.05) is 54.1 Å². The van der Waals surface area contributed by atoms with E-state index in [1.54, 1.807) is 60.7 Å². The number of hydrogen-bond donors (Lipinski definition) is 1. The van der Waals surface area contributed by atoms with Crippen molar-refractivity contribution in [1.82, 2.24) is 0 Å². The largest absolute Gasteiger partial charge is 0.495 e. The fourth-order valence-electron chi connectivity index (χ4n) is 3.03. The number of para-hydroxylation sites is 2. The third-order valence-electron chi connectivity index (χ3n) is 4.64. The second kappa shape index (κ2) is 11.8. The molecule has 0 fully saturated rings. The summed E-state index contributed by atoms with van der Waals surface area (Å²) >= 11 is 6.14. The van der Waals surface area contributed by atoms with Crippen LogP contribution in [0.4, 0.5) is 5.69 Å². The second-order valence-electron chi connectivity index (χ2n) is 6.87.